The van der Waals surface area contributed by atoms with E-state index in [4.69, 9.17) is 5.73 Å². The van der Waals surface area contributed by atoms with Gasteiger partial charge in [-0.2, -0.15) is 0 Å². The van der Waals surface area contributed by atoms with Gasteiger partial charge in [0.1, 0.15) is 10.7 Å². The monoisotopic (exact) mass is 343 g/mol. The molecule has 1 aliphatic rings. The number of hydrogen-bond donors (Lipinski definition) is 3. The molecule has 0 bridgehead atoms. The SMILES string of the molecule is NCC1CCCC1NC(=O)CCNS(=O)(=O)c1ccccc1F. The second-order valence-electron chi connectivity index (χ2n) is 5.68. The molecule has 1 aliphatic carbocycles. The maximum Gasteiger partial charge on any atom is 0.243 e. The Bertz CT molecular complexity index is 651. The van der Waals surface area contributed by atoms with Crippen LogP contribution < -0.4 is 15.8 Å². The highest BCUT2D eigenvalue weighted by atomic mass is 32.2. The minimum absolute atomic E-state index is 0.00146. The van der Waals surface area contributed by atoms with Crippen molar-refractivity contribution in [1.29, 1.82) is 0 Å². The summed E-state index contributed by atoms with van der Waals surface area (Å²) in [6.07, 6.45) is 2.93. The molecule has 1 aromatic rings. The Morgan fingerprint density at radius 1 is 1.30 bits per heavy atom. The van der Waals surface area contributed by atoms with E-state index < -0.39 is 20.7 Å². The summed E-state index contributed by atoms with van der Waals surface area (Å²) in [5.74, 6) is -0.762. The zero-order chi connectivity index (χ0) is 16.9. The van der Waals surface area contributed by atoms with Crippen LogP contribution >= 0.6 is 0 Å². The van der Waals surface area contributed by atoms with Gasteiger partial charge in [0.25, 0.3) is 0 Å². The molecule has 4 N–H and O–H groups in total. The minimum atomic E-state index is -3.95. The van der Waals surface area contributed by atoms with E-state index in [1.54, 1.807) is 0 Å². The van der Waals surface area contributed by atoms with Gasteiger partial charge in [0.2, 0.25) is 15.9 Å². The van der Waals surface area contributed by atoms with E-state index in [-0.39, 0.29) is 30.8 Å². The van der Waals surface area contributed by atoms with Crippen LogP contribution in [0.4, 0.5) is 4.39 Å². The van der Waals surface area contributed by atoms with Crippen molar-refractivity contribution in [3.63, 3.8) is 0 Å². The smallest absolute Gasteiger partial charge is 0.243 e. The third kappa shape index (κ3) is 4.73. The molecule has 0 radical (unpaired) electrons. The van der Waals surface area contributed by atoms with Crippen molar-refractivity contribution >= 4 is 15.9 Å². The van der Waals surface area contributed by atoms with E-state index in [0.717, 1.165) is 25.3 Å². The molecule has 2 unspecified atom stereocenters. The summed E-state index contributed by atoms with van der Waals surface area (Å²) in [5, 5.41) is 2.89. The third-order valence-electron chi connectivity index (χ3n) is 4.08. The maximum absolute atomic E-state index is 13.5. The lowest BCUT2D eigenvalue weighted by atomic mass is 10.0. The molecule has 0 aromatic heterocycles. The fourth-order valence-electron chi connectivity index (χ4n) is 2.83. The number of amides is 1. The van der Waals surface area contributed by atoms with Crippen LogP contribution in [0.15, 0.2) is 29.2 Å². The second kappa shape index (κ2) is 7.85. The standard InChI is InChI=1S/C15H22FN3O3S/c16-12-5-1-2-7-14(12)23(21,22)18-9-8-15(20)19-13-6-3-4-11(13)10-17/h1-2,5,7,11,13,18H,3-4,6,8-10,17H2,(H,19,20). The number of hydrogen-bond acceptors (Lipinski definition) is 4. The molecule has 0 heterocycles. The predicted octanol–water partition coefficient (Wildman–Crippen LogP) is 0.738. The van der Waals surface area contributed by atoms with Gasteiger partial charge in [0.05, 0.1) is 0 Å². The van der Waals surface area contributed by atoms with E-state index in [1.807, 2.05) is 0 Å². The highest BCUT2D eigenvalue weighted by molar-refractivity contribution is 7.89. The van der Waals surface area contributed by atoms with Crippen molar-refractivity contribution in [3.05, 3.63) is 30.1 Å². The fourth-order valence-corrected chi connectivity index (χ4v) is 3.94. The van der Waals surface area contributed by atoms with Gasteiger partial charge in [-0.05, 0) is 37.4 Å². The Morgan fingerprint density at radius 3 is 2.74 bits per heavy atom. The number of rotatable bonds is 7. The van der Waals surface area contributed by atoms with Gasteiger partial charge >= 0.3 is 0 Å². The number of carbonyl (C=O) groups is 1. The van der Waals surface area contributed by atoms with Crippen molar-refractivity contribution in [2.45, 2.75) is 36.6 Å². The van der Waals surface area contributed by atoms with Gasteiger partial charge in [0, 0.05) is 19.0 Å². The maximum atomic E-state index is 13.5. The summed E-state index contributed by atoms with van der Waals surface area (Å²) >= 11 is 0. The Labute approximate surface area is 135 Å². The van der Waals surface area contributed by atoms with Gasteiger partial charge in [-0.25, -0.2) is 17.5 Å². The van der Waals surface area contributed by atoms with Crippen LogP contribution in [-0.2, 0) is 14.8 Å². The predicted molar refractivity (Wildman–Crippen MR) is 84.5 cm³/mol. The minimum Gasteiger partial charge on any atom is -0.353 e. The Kier molecular flexibility index (Phi) is 6.09. The van der Waals surface area contributed by atoms with E-state index in [2.05, 4.69) is 10.0 Å². The quantitative estimate of drug-likeness (QED) is 0.679. The number of nitrogens with two attached hydrogens (primary N) is 1. The first-order valence-corrected chi connectivity index (χ1v) is 9.16. The van der Waals surface area contributed by atoms with Gasteiger partial charge in [-0.3, -0.25) is 4.79 Å². The fraction of sp³-hybridized carbons (Fsp3) is 0.533. The van der Waals surface area contributed by atoms with Crippen LogP contribution in [0.5, 0.6) is 0 Å². The lowest BCUT2D eigenvalue weighted by molar-refractivity contribution is -0.121. The molecule has 6 nitrogen and oxygen atoms in total. The number of nitrogens with one attached hydrogen (secondary N) is 2. The van der Waals surface area contributed by atoms with Crippen molar-refractivity contribution in [2.24, 2.45) is 11.7 Å². The Morgan fingerprint density at radius 2 is 2.04 bits per heavy atom. The molecule has 1 fully saturated rings. The van der Waals surface area contributed by atoms with E-state index in [9.17, 15) is 17.6 Å². The molecule has 1 amide bonds. The zero-order valence-electron chi connectivity index (χ0n) is 12.8. The topological polar surface area (TPSA) is 101 Å². The summed E-state index contributed by atoms with van der Waals surface area (Å²) in [6.45, 7) is 0.452. The van der Waals surface area contributed by atoms with E-state index >= 15 is 0 Å². The van der Waals surface area contributed by atoms with Crippen molar-refractivity contribution in [3.8, 4) is 0 Å². The van der Waals surface area contributed by atoms with Crippen LogP contribution in [0.2, 0.25) is 0 Å². The first kappa shape index (κ1) is 17.8. The summed E-state index contributed by atoms with van der Waals surface area (Å²) in [4.78, 5) is 11.5. The molecular weight excluding hydrogens is 321 g/mol. The molecule has 2 rings (SSSR count). The Balaban J connectivity index is 1.82. The molecule has 0 aliphatic heterocycles. The molecular formula is C15H22FN3O3S. The van der Waals surface area contributed by atoms with Gasteiger partial charge in [-0.15, -0.1) is 0 Å². The van der Waals surface area contributed by atoms with Gasteiger partial charge in [0.15, 0.2) is 0 Å². The Hall–Kier alpha value is -1.51. The molecule has 128 valence electrons. The highest BCUT2D eigenvalue weighted by Gasteiger charge is 2.27. The van der Waals surface area contributed by atoms with E-state index in [0.29, 0.717) is 6.54 Å². The summed E-state index contributed by atoms with van der Waals surface area (Å²) < 4.78 is 39.7. The molecule has 1 aromatic carbocycles. The average molecular weight is 343 g/mol. The normalized spacial score (nSPS) is 21.3. The van der Waals surface area contributed by atoms with Crippen molar-refractivity contribution < 1.29 is 17.6 Å². The van der Waals surface area contributed by atoms with Crippen molar-refractivity contribution in [2.75, 3.05) is 13.1 Å². The van der Waals surface area contributed by atoms with Crippen LogP contribution in [0, 0.1) is 11.7 Å². The lowest BCUT2D eigenvalue weighted by Crippen LogP contribution is -2.41. The van der Waals surface area contributed by atoms with Gasteiger partial charge in [-0.1, -0.05) is 18.6 Å². The first-order valence-electron chi connectivity index (χ1n) is 7.67. The number of benzene rings is 1. The number of sulfonamides is 1. The number of carbonyl (C=O) groups excluding carboxylic acids is 1. The molecule has 1 saturated carbocycles. The lowest BCUT2D eigenvalue weighted by Gasteiger charge is -2.19. The summed E-state index contributed by atoms with van der Waals surface area (Å²) in [5.41, 5.74) is 5.66. The molecule has 8 heteroatoms. The highest BCUT2D eigenvalue weighted by Crippen LogP contribution is 2.24. The molecule has 23 heavy (non-hydrogen) atoms. The van der Waals surface area contributed by atoms with Gasteiger partial charge < -0.3 is 11.1 Å². The van der Waals surface area contributed by atoms with Crippen LogP contribution in [-0.4, -0.2) is 33.5 Å². The average Bonchev–Trinajstić information content (AvgIpc) is 2.94. The largest absolute Gasteiger partial charge is 0.353 e. The second-order valence-corrected chi connectivity index (χ2v) is 7.41. The summed E-state index contributed by atoms with van der Waals surface area (Å²) in [7, 11) is -3.95. The van der Waals surface area contributed by atoms with Crippen LogP contribution in [0.3, 0.4) is 0 Å². The third-order valence-corrected chi connectivity index (χ3v) is 5.57. The summed E-state index contributed by atoms with van der Waals surface area (Å²) in [6, 6.07) is 5.18. The van der Waals surface area contributed by atoms with Crippen LogP contribution in [0.25, 0.3) is 0 Å². The number of halogens is 1. The van der Waals surface area contributed by atoms with Crippen molar-refractivity contribution in [1.82, 2.24) is 10.0 Å². The zero-order valence-corrected chi connectivity index (χ0v) is 13.6. The van der Waals surface area contributed by atoms with Crippen LogP contribution in [0.1, 0.15) is 25.7 Å². The molecule has 0 spiro atoms. The molecule has 0 saturated heterocycles. The van der Waals surface area contributed by atoms with E-state index in [1.165, 1.54) is 18.2 Å². The first-order chi connectivity index (χ1) is 10.9. The molecule has 2 atom stereocenters.